The van der Waals surface area contributed by atoms with E-state index in [0.717, 1.165) is 17.7 Å². The van der Waals surface area contributed by atoms with Crippen molar-refractivity contribution in [1.29, 1.82) is 0 Å². The summed E-state index contributed by atoms with van der Waals surface area (Å²) in [7, 11) is 0. The molecule has 27 heavy (non-hydrogen) atoms. The largest absolute Gasteiger partial charge is 0.463 e. The highest BCUT2D eigenvalue weighted by atomic mass is 32.2. The molecule has 2 aromatic rings. The summed E-state index contributed by atoms with van der Waals surface area (Å²) < 4.78 is 12.0. The molecule has 0 fully saturated rings. The molecule has 1 aliphatic heterocycles. The van der Waals surface area contributed by atoms with Gasteiger partial charge in [-0.15, -0.1) is 0 Å². The van der Waals surface area contributed by atoms with Crippen LogP contribution in [-0.2, 0) is 30.6 Å². The van der Waals surface area contributed by atoms with E-state index in [1.54, 1.807) is 11.8 Å². The minimum atomic E-state index is -0.153. The molecule has 0 bridgehead atoms. The zero-order valence-corrected chi connectivity index (χ0v) is 17.6. The van der Waals surface area contributed by atoms with E-state index in [1.165, 1.54) is 29.5 Å². The Balaban J connectivity index is 1.48. The van der Waals surface area contributed by atoms with Crippen LogP contribution in [0.15, 0.2) is 42.5 Å². The Morgan fingerprint density at radius 3 is 2.44 bits per heavy atom. The highest BCUT2D eigenvalue weighted by Gasteiger charge is 2.35. The summed E-state index contributed by atoms with van der Waals surface area (Å²) >= 11 is 1.78. The van der Waals surface area contributed by atoms with Crippen molar-refractivity contribution in [3.05, 3.63) is 64.7 Å². The number of fused-ring (bicyclic) bond motifs is 2. The summed E-state index contributed by atoms with van der Waals surface area (Å²) in [5, 5.41) is 0.329. The first-order valence-electron chi connectivity index (χ1n) is 9.96. The van der Waals surface area contributed by atoms with Crippen molar-refractivity contribution >= 4 is 11.8 Å². The number of benzene rings is 2. The van der Waals surface area contributed by atoms with Crippen molar-refractivity contribution in [3.63, 3.8) is 0 Å². The van der Waals surface area contributed by atoms with E-state index in [0.29, 0.717) is 17.8 Å². The molecule has 144 valence electrons. The lowest BCUT2D eigenvalue weighted by molar-refractivity contribution is -0.105. The van der Waals surface area contributed by atoms with Gasteiger partial charge in [-0.1, -0.05) is 50.2 Å². The molecule has 0 spiro atoms. The van der Waals surface area contributed by atoms with Crippen LogP contribution in [0, 0.1) is 11.3 Å². The minimum absolute atomic E-state index is 0.153. The first-order valence-corrected chi connectivity index (χ1v) is 11.2. The van der Waals surface area contributed by atoms with Gasteiger partial charge in [-0.3, -0.25) is 0 Å². The third-order valence-corrected chi connectivity index (χ3v) is 7.31. The van der Waals surface area contributed by atoms with Crippen LogP contribution in [0.4, 0.5) is 0 Å². The van der Waals surface area contributed by atoms with Crippen molar-refractivity contribution in [2.75, 3.05) is 6.26 Å². The van der Waals surface area contributed by atoms with E-state index < -0.39 is 0 Å². The molecule has 0 amide bonds. The molecule has 2 unspecified atom stereocenters. The molecular weight excluding hydrogens is 352 g/mol. The highest BCUT2D eigenvalue weighted by Crippen LogP contribution is 2.41. The van der Waals surface area contributed by atoms with Gasteiger partial charge in [0.25, 0.3) is 0 Å². The fourth-order valence-electron chi connectivity index (χ4n) is 4.39. The van der Waals surface area contributed by atoms with Crippen LogP contribution in [0.1, 0.15) is 43.0 Å². The van der Waals surface area contributed by atoms with E-state index in [9.17, 15) is 0 Å². The van der Waals surface area contributed by atoms with Crippen LogP contribution < -0.4 is 4.74 Å². The molecule has 2 aliphatic rings. The molecule has 0 saturated carbocycles. The quantitative estimate of drug-likeness (QED) is 0.665. The van der Waals surface area contributed by atoms with Gasteiger partial charge >= 0.3 is 0 Å². The first-order chi connectivity index (χ1) is 13.0. The summed E-state index contributed by atoms with van der Waals surface area (Å²) in [5.74, 6) is 1.70. The van der Waals surface area contributed by atoms with Gasteiger partial charge in [-0.05, 0) is 66.5 Å². The smallest absolute Gasteiger partial charge is 0.211 e. The molecule has 2 atom stereocenters. The van der Waals surface area contributed by atoms with Gasteiger partial charge in [0, 0.05) is 5.56 Å². The minimum Gasteiger partial charge on any atom is -0.463 e. The maximum absolute atomic E-state index is 6.17. The second kappa shape index (κ2) is 7.52. The number of hydrogen-bond acceptors (Lipinski definition) is 3. The monoisotopic (exact) mass is 382 g/mol. The standard InChI is InChI=1S/C24H30O2S/c1-16(27-4)23-25-15-20-10-9-17(11-22(20)26-23)14-24(2,3)21-12-18-7-5-6-8-19(18)13-21/h5-11,16,21,23H,12-15H2,1-4H3. The van der Waals surface area contributed by atoms with Crippen LogP contribution in [0.2, 0.25) is 0 Å². The molecule has 1 heterocycles. The van der Waals surface area contributed by atoms with Crippen LogP contribution in [0.25, 0.3) is 0 Å². The average molecular weight is 383 g/mol. The molecule has 3 heteroatoms. The van der Waals surface area contributed by atoms with Gasteiger partial charge in [0.1, 0.15) is 5.75 Å². The maximum atomic E-state index is 6.17. The number of ether oxygens (including phenoxy) is 2. The van der Waals surface area contributed by atoms with E-state index in [1.807, 2.05) is 0 Å². The predicted octanol–water partition coefficient (Wildman–Crippen LogP) is 5.66. The first kappa shape index (κ1) is 18.9. The van der Waals surface area contributed by atoms with Crippen molar-refractivity contribution in [2.45, 2.75) is 58.2 Å². The van der Waals surface area contributed by atoms with Crippen LogP contribution in [0.3, 0.4) is 0 Å². The second-order valence-corrected chi connectivity index (χ2v) is 9.93. The fourth-order valence-corrected chi connectivity index (χ4v) is 4.75. The third kappa shape index (κ3) is 3.90. The lowest BCUT2D eigenvalue weighted by Crippen LogP contribution is -2.33. The zero-order chi connectivity index (χ0) is 19.0. The summed E-state index contributed by atoms with van der Waals surface area (Å²) in [5.41, 5.74) is 5.86. The predicted molar refractivity (Wildman–Crippen MR) is 113 cm³/mol. The van der Waals surface area contributed by atoms with Gasteiger partial charge in [0.15, 0.2) is 0 Å². The van der Waals surface area contributed by atoms with E-state index >= 15 is 0 Å². The lowest BCUT2D eigenvalue weighted by atomic mass is 9.73. The number of hydrogen-bond donors (Lipinski definition) is 0. The zero-order valence-electron chi connectivity index (χ0n) is 16.8. The molecule has 2 nitrogen and oxygen atoms in total. The normalized spacial score (nSPS) is 20.7. The summed E-state index contributed by atoms with van der Waals surface area (Å²) in [6.45, 7) is 7.65. The van der Waals surface area contributed by atoms with Crippen LogP contribution in [-0.4, -0.2) is 17.8 Å². The summed E-state index contributed by atoms with van der Waals surface area (Å²) in [6, 6.07) is 15.6. The summed E-state index contributed by atoms with van der Waals surface area (Å²) in [4.78, 5) is 0. The van der Waals surface area contributed by atoms with Gasteiger partial charge in [0.2, 0.25) is 6.29 Å². The molecule has 1 aliphatic carbocycles. The number of rotatable bonds is 5. The van der Waals surface area contributed by atoms with E-state index in [2.05, 4.69) is 69.5 Å². The molecule has 0 N–H and O–H groups in total. The van der Waals surface area contributed by atoms with Crippen molar-refractivity contribution in [3.8, 4) is 5.75 Å². The van der Waals surface area contributed by atoms with Gasteiger partial charge in [-0.2, -0.15) is 11.8 Å². The molecule has 2 aromatic carbocycles. The van der Waals surface area contributed by atoms with Crippen LogP contribution in [0.5, 0.6) is 5.75 Å². The Morgan fingerprint density at radius 1 is 1.07 bits per heavy atom. The van der Waals surface area contributed by atoms with Gasteiger partial charge in [0.05, 0.1) is 11.9 Å². The average Bonchev–Trinajstić information content (AvgIpc) is 3.12. The Kier molecular flexibility index (Phi) is 5.26. The topological polar surface area (TPSA) is 18.5 Å². The SMILES string of the molecule is CSC(C)C1OCc2ccc(CC(C)(C)C3Cc4ccccc4C3)cc2O1. The van der Waals surface area contributed by atoms with E-state index in [4.69, 9.17) is 9.47 Å². The Labute approximate surface area is 167 Å². The van der Waals surface area contributed by atoms with Crippen molar-refractivity contribution in [1.82, 2.24) is 0 Å². The molecule has 0 saturated heterocycles. The maximum Gasteiger partial charge on any atom is 0.211 e. The van der Waals surface area contributed by atoms with Crippen molar-refractivity contribution in [2.24, 2.45) is 11.3 Å². The summed E-state index contributed by atoms with van der Waals surface area (Å²) in [6.07, 6.45) is 5.43. The number of thioether (sulfide) groups is 1. The Bertz CT molecular complexity index is 789. The van der Waals surface area contributed by atoms with Gasteiger partial charge < -0.3 is 9.47 Å². The highest BCUT2D eigenvalue weighted by molar-refractivity contribution is 7.99. The van der Waals surface area contributed by atoms with Crippen LogP contribution >= 0.6 is 11.8 Å². The van der Waals surface area contributed by atoms with Gasteiger partial charge in [-0.25, -0.2) is 0 Å². The molecule has 0 aromatic heterocycles. The third-order valence-electron chi connectivity index (χ3n) is 6.35. The van der Waals surface area contributed by atoms with E-state index in [-0.39, 0.29) is 11.7 Å². The van der Waals surface area contributed by atoms with Crippen molar-refractivity contribution < 1.29 is 9.47 Å². The molecular formula is C24H30O2S. The Morgan fingerprint density at radius 2 is 1.78 bits per heavy atom. The second-order valence-electron chi connectivity index (χ2n) is 8.72. The molecule has 4 rings (SSSR count). The fraction of sp³-hybridized carbons (Fsp3) is 0.500. The lowest BCUT2D eigenvalue weighted by Gasteiger charge is -2.33. The molecule has 0 radical (unpaired) electrons. The Hall–Kier alpha value is -1.45.